The average molecular weight is 436 g/mol. The van der Waals surface area contributed by atoms with Gasteiger partial charge >= 0.3 is 6.18 Å². The molecule has 0 saturated carbocycles. The van der Waals surface area contributed by atoms with Gasteiger partial charge in [-0.15, -0.1) is 0 Å². The minimum absolute atomic E-state index is 0.0949. The van der Waals surface area contributed by atoms with Gasteiger partial charge in [-0.05, 0) is 18.6 Å². The maximum atomic E-state index is 14.3. The number of halogens is 6. The number of nitrogens with zero attached hydrogens (tertiary/aromatic N) is 4. The zero-order valence-corrected chi connectivity index (χ0v) is 15.1. The van der Waals surface area contributed by atoms with Gasteiger partial charge in [0.25, 0.3) is 11.9 Å². The highest BCUT2D eigenvalue weighted by molar-refractivity contribution is 5.66. The third-order valence-electron chi connectivity index (χ3n) is 4.04. The van der Waals surface area contributed by atoms with E-state index in [0.29, 0.717) is 6.07 Å². The van der Waals surface area contributed by atoms with Crippen molar-refractivity contribution in [3.63, 3.8) is 0 Å². The van der Waals surface area contributed by atoms with Crippen molar-refractivity contribution in [2.75, 3.05) is 17.9 Å². The van der Waals surface area contributed by atoms with Crippen LogP contribution in [-0.4, -0.2) is 44.2 Å². The van der Waals surface area contributed by atoms with Gasteiger partial charge in [0.1, 0.15) is 11.5 Å². The van der Waals surface area contributed by atoms with Crippen molar-refractivity contribution in [2.24, 2.45) is 0 Å². The Morgan fingerprint density at radius 3 is 2.57 bits per heavy atom. The summed E-state index contributed by atoms with van der Waals surface area (Å²) in [6.07, 6.45) is -7.79. The van der Waals surface area contributed by atoms with Crippen LogP contribution in [0.15, 0.2) is 24.2 Å². The second-order valence-corrected chi connectivity index (χ2v) is 6.15. The number of aliphatic hydroxyl groups excluding tert-OH is 1. The SMILES string of the molecule is CONc1nc(Nc2ccnc(C(F)(F)F)c2)nc(C2=C(F)C(O)C(F)(F)CC2)n1. The lowest BCUT2D eigenvalue weighted by Crippen LogP contribution is -2.37. The molecule has 0 fully saturated rings. The second kappa shape index (κ2) is 8.02. The first kappa shape index (κ1) is 21.7. The van der Waals surface area contributed by atoms with Crippen molar-refractivity contribution >= 4 is 23.2 Å². The predicted molar refractivity (Wildman–Crippen MR) is 91.2 cm³/mol. The van der Waals surface area contributed by atoms with Crippen LogP contribution in [0.3, 0.4) is 0 Å². The number of pyridine rings is 1. The van der Waals surface area contributed by atoms with Crippen LogP contribution in [-0.2, 0) is 11.0 Å². The fourth-order valence-corrected chi connectivity index (χ4v) is 2.61. The van der Waals surface area contributed by atoms with E-state index >= 15 is 0 Å². The highest BCUT2D eigenvalue weighted by Crippen LogP contribution is 2.41. The van der Waals surface area contributed by atoms with Gasteiger partial charge < -0.3 is 10.4 Å². The zero-order valence-electron chi connectivity index (χ0n) is 15.1. The molecule has 14 heteroatoms. The van der Waals surface area contributed by atoms with E-state index in [2.05, 4.69) is 35.6 Å². The van der Waals surface area contributed by atoms with Gasteiger partial charge in [-0.2, -0.15) is 28.1 Å². The minimum atomic E-state index is -4.69. The zero-order chi connectivity index (χ0) is 22.1. The molecule has 0 aliphatic heterocycles. The number of anilines is 3. The van der Waals surface area contributed by atoms with Gasteiger partial charge in [-0.3, -0.25) is 9.82 Å². The first-order valence-electron chi connectivity index (χ1n) is 8.31. The van der Waals surface area contributed by atoms with Gasteiger partial charge in [0.15, 0.2) is 11.9 Å². The molecule has 1 aliphatic rings. The van der Waals surface area contributed by atoms with E-state index in [1.807, 2.05) is 0 Å². The molecule has 1 aliphatic carbocycles. The Balaban J connectivity index is 1.99. The van der Waals surface area contributed by atoms with E-state index in [1.54, 1.807) is 0 Å². The van der Waals surface area contributed by atoms with Crippen molar-refractivity contribution in [1.82, 2.24) is 19.9 Å². The van der Waals surface area contributed by atoms with Gasteiger partial charge in [-0.25, -0.2) is 18.7 Å². The lowest BCUT2D eigenvalue weighted by atomic mass is 9.92. The molecule has 0 spiro atoms. The summed E-state index contributed by atoms with van der Waals surface area (Å²) in [6.45, 7) is 0. The van der Waals surface area contributed by atoms with E-state index in [1.165, 1.54) is 13.2 Å². The molecule has 1 atom stereocenters. The van der Waals surface area contributed by atoms with Gasteiger partial charge in [0.2, 0.25) is 5.95 Å². The topological polar surface area (TPSA) is 105 Å². The van der Waals surface area contributed by atoms with Crippen LogP contribution in [0, 0.1) is 0 Å². The monoisotopic (exact) mass is 436 g/mol. The van der Waals surface area contributed by atoms with Gasteiger partial charge in [-0.1, -0.05) is 0 Å². The summed E-state index contributed by atoms with van der Waals surface area (Å²) < 4.78 is 79.9. The van der Waals surface area contributed by atoms with E-state index in [4.69, 9.17) is 0 Å². The summed E-state index contributed by atoms with van der Waals surface area (Å²) in [5.41, 5.74) is 0.583. The molecule has 162 valence electrons. The van der Waals surface area contributed by atoms with Crippen LogP contribution >= 0.6 is 0 Å². The molecule has 2 aromatic heterocycles. The van der Waals surface area contributed by atoms with Crippen molar-refractivity contribution in [3.05, 3.63) is 35.7 Å². The summed E-state index contributed by atoms with van der Waals surface area (Å²) >= 11 is 0. The highest BCUT2D eigenvalue weighted by Gasteiger charge is 2.46. The summed E-state index contributed by atoms with van der Waals surface area (Å²) in [5.74, 6) is -6.16. The molecular formula is C16H14F6N6O2. The van der Waals surface area contributed by atoms with Crippen LogP contribution in [0.2, 0.25) is 0 Å². The lowest BCUT2D eigenvalue weighted by molar-refractivity contribution is -0.141. The largest absolute Gasteiger partial charge is 0.433 e. The van der Waals surface area contributed by atoms with E-state index in [0.717, 1.165) is 6.20 Å². The Kier molecular flexibility index (Phi) is 5.81. The molecule has 2 heterocycles. The Morgan fingerprint density at radius 2 is 1.90 bits per heavy atom. The predicted octanol–water partition coefficient (Wildman–Crippen LogP) is 3.47. The lowest BCUT2D eigenvalue weighted by Gasteiger charge is -2.27. The van der Waals surface area contributed by atoms with E-state index in [-0.39, 0.29) is 23.2 Å². The molecule has 1 unspecified atom stereocenters. The van der Waals surface area contributed by atoms with Crippen molar-refractivity contribution in [2.45, 2.75) is 31.0 Å². The van der Waals surface area contributed by atoms with Gasteiger partial charge in [0, 0.05) is 23.9 Å². The number of rotatable bonds is 5. The second-order valence-electron chi connectivity index (χ2n) is 6.15. The third-order valence-corrected chi connectivity index (χ3v) is 4.04. The van der Waals surface area contributed by atoms with Crippen LogP contribution in [0.4, 0.5) is 43.9 Å². The number of allylic oxidation sites excluding steroid dienone is 1. The molecular weight excluding hydrogens is 422 g/mol. The smallest absolute Gasteiger partial charge is 0.380 e. The van der Waals surface area contributed by atoms with E-state index < -0.39 is 48.4 Å². The number of aliphatic hydroxyl groups is 1. The maximum Gasteiger partial charge on any atom is 0.433 e. The first-order valence-corrected chi connectivity index (χ1v) is 8.31. The number of nitrogens with one attached hydrogen (secondary N) is 2. The maximum absolute atomic E-state index is 14.3. The van der Waals surface area contributed by atoms with Crippen LogP contribution in [0.25, 0.3) is 5.57 Å². The molecule has 3 rings (SSSR count). The fraction of sp³-hybridized carbons (Fsp3) is 0.375. The highest BCUT2D eigenvalue weighted by atomic mass is 19.4. The minimum Gasteiger partial charge on any atom is -0.380 e. The molecule has 30 heavy (non-hydrogen) atoms. The third kappa shape index (κ3) is 4.59. The summed E-state index contributed by atoms with van der Waals surface area (Å²) in [5, 5.41) is 12.0. The Bertz CT molecular complexity index is 967. The van der Waals surface area contributed by atoms with Crippen molar-refractivity contribution < 1.29 is 36.3 Å². The normalized spacial score (nSPS) is 19.0. The fourth-order valence-electron chi connectivity index (χ4n) is 2.61. The molecule has 3 N–H and O–H groups in total. The number of aromatic nitrogens is 4. The molecule has 0 bridgehead atoms. The van der Waals surface area contributed by atoms with Crippen LogP contribution < -0.4 is 10.8 Å². The summed E-state index contributed by atoms with van der Waals surface area (Å²) in [7, 11) is 1.21. The molecule has 0 radical (unpaired) electrons. The van der Waals surface area contributed by atoms with Crippen LogP contribution in [0.5, 0.6) is 0 Å². The quantitative estimate of drug-likeness (QED) is 0.484. The number of hydrogen-bond acceptors (Lipinski definition) is 8. The first-order chi connectivity index (χ1) is 14.0. The van der Waals surface area contributed by atoms with Gasteiger partial charge in [0.05, 0.1) is 7.11 Å². The molecule has 0 amide bonds. The number of alkyl halides is 5. The van der Waals surface area contributed by atoms with E-state index in [9.17, 15) is 31.4 Å². The van der Waals surface area contributed by atoms with Crippen molar-refractivity contribution in [1.29, 1.82) is 0 Å². The Labute approximate surface area is 165 Å². The Hall–Kier alpha value is -3.00. The molecule has 8 nitrogen and oxygen atoms in total. The van der Waals surface area contributed by atoms with Crippen LogP contribution in [0.1, 0.15) is 24.4 Å². The van der Waals surface area contributed by atoms with Crippen molar-refractivity contribution in [3.8, 4) is 0 Å². The standard InChI is InChI=1S/C16H14F6N6O2/c1-30-28-14-26-12(8-2-4-15(18,19)11(29)10(8)17)25-13(27-14)24-7-3-5-23-9(6-7)16(20,21)22/h3,5-6,11,29H,2,4H2,1H3,(H2,23,24,25,26,27,28). The Morgan fingerprint density at radius 1 is 1.20 bits per heavy atom. The molecule has 0 saturated heterocycles. The molecule has 2 aromatic rings. The molecule has 0 aromatic carbocycles. The summed E-state index contributed by atoms with van der Waals surface area (Å²) in [6, 6.07) is 1.89. The summed E-state index contributed by atoms with van der Waals surface area (Å²) in [4.78, 5) is 19.4. The number of hydrogen-bond donors (Lipinski definition) is 3. The average Bonchev–Trinajstić information content (AvgIpc) is 2.66.